The van der Waals surface area contributed by atoms with Crippen molar-refractivity contribution < 1.29 is 9.59 Å². The van der Waals surface area contributed by atoms with Crippen LogP contribution in [0.3, 0.4) is 0 Å². The number of nitrogens with zero attached hydrogens (tertiary/aromatic N) is 2. The first kappa shape index (κ1) is 26.2. The third-order valence-corrected chi connectivity index (χ3v) is 8.22. The highest BCUT2D eigenvalue weighted by atomic mass is 32.1. The zero-order valence-electron chi connectivity index (χ0n) is 21.7. The Morgan fingerprint density at radius 2 is 1.71 bits per heavy atom. The van der Waals surface area contributed by atoms with Crippen molar-refractivity contribution in [1.29, 1.82) is 0 Å². The lowest BCUT2D eigenvalue weighted by Crippen LogP contribution is -2.53. The molecule has 1 saturated heterocycles. The monoisotopic (exact) mass is 529 g/mol. The fourth-order valence-electron chi connectivity index (χ4n) is 5.32. The number of H-pyrrole nitrogens is 1. The number of amides is 2. The smallest absolute Gasteiger partial charge is 0.309 e. The largest absolute Gasteiger partial charge is 0.361 e. The van der Waals surface area contributed by atoms with E-state index in [1.54, 1.807) is 11.3 Å². The summed E-state index contributed by atoms with van der Waals surface area (Å²) >= 11 is 1.70. The first-order valence-corrected chi connectivity index (χ1v) is 14.1. The quantitative estimate of drug-likeness (QED) is 0.287. The molecule has 2 aromatic heterocycles. The Balaban J connectivity index is 1.14. The fourth-order valence-corrected chi connectivity index (χ4v) is 6.29. The molecule has 0 radical (unpaired) electrons. The highest BCUT2D eigenvalue weighted by molar-refractivity contribution is 7.10. The summed E-state index contributed by atoms with van der Waals surface area (Å²) in [6.45, 7) is 7.10. The molecule has 8 heteroatoms. The number of aromatic amines is 1. The van der Waals surface area contributed by atoms with Crippen LogP contribution < -0.4 is 10.6 Å². The Morgan fingerprint density at radius 3 is 2.47 bits per heavy atom. The van der Waals surface area contributed by atoms with Crippen molar-refractivity contribution in [3.05, 3.63) is 94.3 Å². The zero-order valence-corrected chi connectivity index (χ0v) is 22.5. The van der Waals surface area contributed by atoms with Gasteiger partial charge in [-0.25, -0.2) is 0 Å². The predicted octanol–water partition coefficient (Wildman–Crippen LogP) is 3.95. The van der Waals surface area contributed by atoms with Crippen LogP contribution in [-0.2, 0) is 22.6 Å². The first-order chi connectivity index (χ1) is 18.6. The lowest BCUT2D eigenvalue weighted by atomic mass is 10.0. The fraction of sp³-hybridized carbons (Fsp3) is 0.333. The number of carbonyl (C=O) groups excluding carboxylic acids is 2. The van der Waals surface area contributed by atoms with Crippen molar-refractivity contribution in [2.45, 2.75) is 32.0 Å². The van der Waals surface area contributed by atoms with Crippen molar-refractivity contribution >= 4 is 34.1 Å². The lowest BCUT2D eigenvalue weighted by Gasteiger charge is -2.41. The van der Waals surface area contributed by atoms with Crippen LogP contribution in [0.25, 0.3) is 10.9 Å². The van der Waals surface area contributed by atoms with Gasteiger partial charge in [0.25, 0.3) is 0 Å². The number of hydrogen-bond donors (Lipinski definition) is 3. The second-order valence-electron chi connectivity index (χ2n) is 9.89. The molecule has 2 aromatic carbocycles. The van der Waals surface area contributed by atoms with Gasteiger partial charge in [-0.15, -0.1) is 11.3 Å². The van der Waals surface area contributed by atoms with E-state index in [2.05, 4.69) is 67.2 Å². The Hall–Kier alpha value is -3.46. The third kappa shape index (κ3) is 6.32. The molecular weight excluding hydrogens is 494 g/mol. The number of fused-ring (bicyclic) bond motifs is 1. The topological polar surface area (TPSA) is 80.5 Å². The lowest BCUT2D eigenvalue weighted by molar-refractivity contribution is -0.139. The van der Waals surface area contributed by atoms with Crippen LogP contribution in [0.15, 0.2) is 78.3 Å². The molecule has 198 valence electrons. The van der Waals surface area contributed by atoms with E-state index >= 15 is 0 Å². The SMILES string of the molecule is C[C@@H](NC(=O)C(=O)NCCc1c[nH]c2ccccc12)[C@H](c1cccs1)N1CCN(Cc2ccccc2)CC1. The van der Waals surface area contributed by atoms with Gasteiger partial charge in [0.15, 0.2) is 0 Å². The number of thiophene rings is 1. The van der Waals surface area contributed by atoms with E-state index in [1.165, 1.54) is 10.4 Å². The molecule has 3 N–H and O–H groups in total. The van der Waals surface area contributed by atoms with Crippen molar-refractivity contribution in [3.8, 4) is 0 Å². The molecule has 2 amide bonds. The molecule has 0 saturated carbocycles. The van der Waals surface area contributed by atoms with E-state index in [0.717, 1.165) is 49.2 Å². The number of carbonyl (C=O) groups is 2. The second-order valence-corrected chi connectivity index (χ2v) is 10.9. The number of para-hydroxylation sites is 1. The predicted molar refractivity (Wildman–Crippen MR) is 153 cm³/mol. The number of benzene rings is 2. The van der Waals surface area contributed by atoms with Crippen molar-refractivity contribution in [1.82, 2.24) is 25.4 Å². The van der Waals surface area contributed by atoms with Crippen LogP contribution in [0.5, 0.6) is 0 Å². The minimum Gasteiger partial charge on any atom is -0.361 e. The van der Waals surface area contributed by atoms with Crippen LogP contribution in [0.1, 0.15) is 29.0 Å². The highest BCUT2D eigenvalue weighted by Gasteiger charge is 2.31. The van der Waals surface area contributed by atoms with Crippen LogP contribution in [0.4, 0.5) is 0 Å². The van der Waals surface area contributed by atoms with Crippen molar-refractivity contribution in [3.63, 3.8) is 0 Å². The minimum atomic E-state index is -0.589. The number of hydrogen-bond acceptors (Lipinski definition) is 5. The summed E-state index contributed by atoms with van der Waals surface area (Å²) in [5, 5.41) is 8.98. The first-order valence-electron chi connectivity index (χ1n) is 13.3. The number of nitrogens with one attached hydrogen (secondary N) is 3. The summed E-state index contributed by atoms with van der Waals surface area (Å²) in [7, 11) is 0. The Bertz CT molecular complexity index is 1330. The van der Waals surface area contributed by atoms with Crippen LogP contribution in [0.2, 0.25) is 0 Å². The van der Waals surface area contributed by atoms with Gasteiger partial charge in [-0.05, 0) is 42.0 Å². The standard InChI is InChI=1S/C30H35N5O2S/c1-22(33-30(37)29(36)31-14-13-24-20-32-26-11-6-5-10-25(24)26)28(27-12-7-19-38-27)35-17-15-34(16-18-35)21-23-8-3-2-4-9-23/h2-12,19-20,22,28,32H,13-18,21H2,1H3,(H,31,36)(H,33,37)/t22-,28-/m1/s1. The molecule has 0 spiro atoms. The summed E-state index contributed by atoms with van der Waals surface area (Å²) in [4.78, 5) is 34.8. The zero-order chi connectivity index (χ0) is 26.3. The molecule has 0 unspecified atom stereocenters. The van der Waals surface area contributed by atoms with Gasteiger partial charge < -0.3 is 15.6 Å². The molecule has 1 fully saturated rings. The molecule has 7 nitrogen and oxygen atoms in total. The molecule has 3 heterocycles. The number of aromatic nitrogens is 1. The highest BCUT2D eigenvalue weighted by Crippen LogP contribution is 2.29. The van der Waals surface area contributed by atoms with Gasteiger partial charge in [-0.3, -0.25) is 19.4 Å². The normalized spacial score (nSPS) is 16.2. The number of piperazine rings is 1. The number of rotatable bonds is 9. The van der Waals surface area contributed by atoms with Crippen molar-refractivity contribution in [2.24, 2.45) is 0 Å². The summed E-state index contributed by atoms with van der Waals surface area (Å²) < 4.78 is 0. The summed E-state index contributed by atoms with van der Waals surface area (Å²) in [6.07, 6.45) is 2.62. The molecule has 2 atom stereocenters. The van der Waals surface area contributed by atoms with Crippen LogP contribution in [-0.4, -0.2) is 65.4 Å². The second kappa shape index (κ2) is 12.4. The molecule has 38 heavy (non-hydrogen) atoms. The van der Waals surface area contributed by atoms with Gasteiger partial charge in [0.2, 0.25) is 0 Å². The van der Waals surface area contributed by atoms with Gasteiger partial charge in [0.1, 0.15) is 0 Å². The van der Waals surface area contributed by atoms with Gasteiger partial charge in [-0.2, -0.15) is 0 Å². The maximum atomic E-state index is 12.8. The molecule has 1 aliphatic heterocycles. The van der Waals surface area contributed by atoms with Gasteiger partial charge >= 0.3 is 11.8 Å². The Morgan fingerprint density at radius 1 is 0.947 bits per heavy atom. The maximum Gasteiger partial charge on any atom is 0.309 e. The molecule has 4 aromatic rings. The average Bonchev–Trinajstić information content (AvgIpc) is 3.61. The average molecular weight is 530 g/mol. The van der Waals surface area contributed by atoms with E-state index in [-0.39, 0.29) is 12.1 Å². The summed E-state index contributed by atoms with van der Waals surface area (Å²) in [6, 6.07) is 22.6. The van der Waals surface area contributed by atoms with Gasteiger partial charge in [0.05, 0.1) is 6.04 Å². The van der Waals surface area contributed by atoms with E-state index in [0.29, 0.717) is 13.0 Å². The van der Waals surface area contributed by atoms with E-state index < -0.39 is 11.8 Å². The molecular formula is C30H35N5O2S. The summed E-state index contributed by atoms with van der Waals surface area (Å²) in [5.74, 6) is -1.17. The van der Waals surface area contributed by atoms with Crippen molar-refractivity contribution in [2.75, 3.05) is 32.7 Å². The molecule has 0 bridgehead atoms. The summed E-state index contributed by atoms with van der Waals surface area (Å²) in [5.41, 5.74) is 3.52. The molecule has 1 aliphatic rings. The van der Waals surface area contributed by atoms with Crippen LogP contribution >= 0.6 is 11.3 Å². The van der Waals surface area contributed by atoms with E-state index in [1.807, 2.05) is 43.5 Å². The van der Waals surface area contributed by atoms with E-state index in [9.17, 15) is 9.59 Å². The van der Waals surface area contributed by atoms with Gasteiger partial charge in [-0.1, -0.05) is 54.6 Å². The molecule has 0 aliphatic carbocycles. The maximum absolute atomic E-state index is 12.8. The Labute approximate surface area is 227 Å². The van der Waals surface area contributed by atoms with Gasteiger partial charge in [0, 0.05) is 67.3 Å². The van der Waals surface area contributed by atoms with Crippen LogP contribution in [0, 0.1) is 0 Å². The molecule has 5 rings (SSSR count). The third-order valence-electron chi connectivity index (χ3n) is 7.28. The Kier molecular flexibility index (Phi) is 8.53. The van der Waals surface area contributed by atoms with E-state index in [4.69, 9.17) is 0 Å². The minimum absolute atomic E-state index is 0.0249.